The van der Waals surface area contributed by atoms with Gasteiger partial charge in [-0.2, -0.15) is 10.2 Å². The molecule has 1 aliphatic heterocycles. The number of anilines is 1. The van der Waals surface area contributed by atoms with Crippen molar-refractivity contribution >= 4 is 11.6 Å². The monoisotopic (exact) mass is 237 g/mol. The van der Waals surface area contributed by atoms with Crippen molar-refractivity contribution in [2.75, 3.05) is 25.6 Å². The largest absolute Gasteiger partial charge is 0.378 e. The highest BCUT2D eigenvalue weighted by Gasteiger charge is 2.42. The molecule has 1 aromatic heterocycles. The fourth-order valence-electron chi connectivity index (χ4n) is 1.75. The Morgan fingerprint density at radius 3 is 3.06 bits per heavy atom. The molecule has 2 rings (SSSR count). The fraction of sp³-hybridized carbons (Fsp3) is 0.545. The number of aromatic nitrogens is 2. The summed E-state index contributed by atoms with van der Waals surface area (Å²) in [5, 5.41) is 10.4. The molecule has 1 fully saturated rings. The second-order valence-electron chi connectivity index (χ2n) is 3.99. The van der Waals surface area contributed by atoms with Gasteiger partial charge in [-0.25, -0.2) is 0 Å². The normalized spacial score (nSPS) is 23.6. The number of carbonyl (C=O) groups excluding carboxylic acids is 1. The van der Waals surface area contributed by atoms with Crippen LogP contribution in [0.4, 0.5) is 5.69 Å². The van der Waals surface area contributed by atoms with E-state index >= 15 is 0 Å². The molecule has 17 heavy (non-hydrogen) atoms. The van der Waals surface area contributed by atoms with Crippen molar-refractivity contribution in [3.05, 3.63) is 18.0 Å². The molecule has 1 atom stereocenters. The van der Waals surface area contributed by atoms with Crippen molar-refractivity contribution < 1.29 is 14.3 Å². The van der Waals surface area contributed by atoms with Gasteiger partial charge in [-0.05, 0) is 13.0 Å². The minimum atomic E-state index is -0.879. The van der Waals surface area contributed by atoms with E-state index in [4.69, 9.17) is 9.47 Å². The molecule has 0 spiro atoms. The molecule has 6 heteroatoms. The Balaban J connectivity index is 2.14. The lowest BCUT2D eigenvalue weighted by Crippen LogP contribution is -2.45. The second-order valence-corrected chi connectivity index (χ2v) is 3.99. The topological polar surface area (TPSA) is 73.3 Å². The Morgan fingerprint density at radius 1 is 1.65 bits per heavy atom. The van der Waals surface area contributed by atoms with Gasteiger partial charge in [0.1, 0.15) is 0 Å². The van der Waals surface area contributed by atoms with Crippen LogP contribution in [-0.2, 0) is 14.3 Å². The van der Waals surface area contributed by atoms with Crippen LogP contribution in [0.5, 0.6) is 0 Å². The van der Waals surface area contributed by atoms with Crippen LogP contribution in [0.15, 0.2) is 12.3 Å². The van der Waals surface area contributed by atoms with Gasteiger partial charge in [0.15, 0.2) is 5.60 Å². The summed E-state index contributed by atoms with van der Waals surface area (Å²) in [7, 11) is 1.52. The molecule has 1 unspecified atom stereocenters. The molecule has 1 N–H and O–H groups in total. The predicted molar refractivity (Wildman–Crippen MR) is 60.6 cm³/mol. The minimum absolute atomic E-state index is 0.200. The highest BCUT2D eigenvalue weighted by atomic mass is 16.6. The van der Waals surface area contributed by atoms with E-state index in [0.29, 0.717) is 24.4 Å². The number of hydrogen-bond acceptors (Lipinski definition) is 5. The van der Waals surface area contributed by atoms with E-state index in [1.165, 1.54) is 13.3 Å². The Morgan fingerprint density at radius 2 is 2.47 bits per heavy atom. The maximum atomic E-state index is 12.2. The average molecular weight is 237 g/mol. The predicted octanol–water partition coefficient (Wildman–Crippen LogP) is 0.529. The van der Waals surface area contributed by atoms with Crippen molar-refractivity contribution in [2.24, 2.45) is 0 Å². The van der Waals surface area contributed by atoms with Crippen molar-refractivity contribution in [2.45, 2.75) is 18.9 Å². The zero-order valence-electron chi connectivity index (χ0n) is 9.90. The standard InChI is InChI=1S/C11H15N3O3/c1-8-9(3-5-12-14-8)13-10(15)11(16-2)4-6-17-7-11/h3,5H,4,6-7H2,1-2H3,(H,12,13,15). The van der Waals surface area contributed by atoms with Gasteiger partial charge in [0.05, 0.1) is 30.8 Å². The third kappa shape index (κ3) is 2.27. The molecular formula is C11H15N3O3. The van der Waals surface area contributed by atoms with Gasteiger partial charge >= 0.3 is 0 Å². The number of methoxy groups -OCH3 is 1. The number of nitrogens with zero attached hydrogens (tertiary/aromatic N) is 2. The van der Waals surface area contributed by atoms with Crippen molar-refractivity contribution in [1.29, 1.82) is 0 Å². The lowest BCUT2D eigenvalue weighted by molar-refractivity contribution is -0.137. The summed E-state index contributed by atoms with van der Waals surface area (Å²) in [6.45, 7) is 2.61. The summed E-state index contributed by atoms with van der Waals surface area (Å²) < 4.78 is 10.5. The molecular weight excluding hydrogens is 222 g/mol. The first-order valence-corrected chi connectivity index (χ1v) is 5.40. The Labute approximate surface area is 99.3 Å². The minimum Gasteiger partial charge on any atom is -0.378 e. The summed E-state index contributed by atoms with van der Waals surface area (Å²) in [6, 6.07) is 1.71. The van der Waals surface area contributed by atoms with E-state index in [1.807, 2.05) is 0 Å². The van der Waals surface area contributed by atoms with E-state index in [2.05, 4.69) is 15.5 Å². The van der Waals surface area contributed by atoms with Crippen molar-refractivity contribution in [3.8, 4) is 0 Å². The van der Waals surface area contributed by atoms with E-state index in [1.54, 1.807) is 13.0 Å². The molecule has 0 aliphatic carbocycles. The van der Waals surface area contributed by atoms with Gasteiger partial charge in [0.25, 0.3) is 5.91 Å². The van der Waals surface area contributed by atoms with E-state index in [-0.39, 0.29) is 12.5 Å². The molecule has 2 heterocycles. The van der Waals surface area contributed by atoms with Crippen LogP contribution < -0.4 is 5.32 Å². The van der Waals surface area contributed by atoms with Crippen LogP contribution >= 0.6 is 0 Å². The Bertz CT molecular complexity index is 416. The maximum Gasteiger partial charge on any atom is 0.259 e. The van der Waals surface area contributed by atoms with Crippen LogP contribution in [0.1, 0.15) is 12.1 Å². The Kier molecular flexibility index (Phi) is 3.35. The van der Waals surface area contributed by atoms with Crippen LogP contribution in [0.3, 0.4) is 0 Å². The lowest BCUT2D eigenvalue weighted by Gasteiger charge is -2.24. The number of aryl methyl sites for hydroxylation is 1. The number of amides is 1. The molecule has 0 aromatic carbocycles. The average Bonchev–Trinajstić information content (AvgIpc) is 2.82. The number of carbonyl (C=O) groups is 1. The van der Waals surface area contributed by atoms with Gasteiger partial charge in [0.2, 0.25) is 0 Å². The van der Waals surface area contributed by atoms with Crippen LogP contribution in [0.25, 0.3) is 0 Å². The first-order valence-electron chi connectivity index (χ1n) is 5.40. The third-order valence-electron chi connectivity index (χ3n) is 2.94. The van der Waals surface area contributed by atoms with Crippen LogP contribution in [-0.4, -0.2) is 42.0 Å². The molecule has 92 valence electrons. The van der Waals surface area contributed by atoms with Gasteiger partial charge in [-0.15, -0.1) is 0 Å². The highest BCUT2D eigenvalue weighted by molar-refractivity contribution is 5.98. The quantitative estimate of drug-likeness (QED) is 0.830. The van der Waals surface area contributed by atoms with Crippen molar-refractivity contribution in [3.63, 3.8) is 0 Å². The fourth-order valence-corrected chi connectivity index (χ4v) is 1.75. The Hall–Kier alpha value is -1.53. The number of ether oxygens (including phenoxy) is 2. The first kappa shape index (κ1) is 11.9. The zero-order valence-corrected chi connectivity index (χ0v) is 9.90. The van der Waals surface area contributed by atoms with E-state index in [9.17, 15) is 4.79 Å². The highest BCUT2D eigenvalue weighted by Crippen LogP contribution is 2.24. The molecule has 0 saturated carbocycles. The summed E-state index contributed by atoms with van der Waals surface area (Å²) in [6.07, 6.45) is 2.10. The smallest absolute Gasteiger partial charge is 0.259 e. The number of rotatable bonds is 3. The maximum absolute atomic E-state index is 12.2. The molecule has 1 aliphatic rings. The van der Waals surface area contributed by atoms with Gasteiger partial charge in [0, 0.05) is 13.5 Å². The molecule has 0 radical (unpaired) electrons. The van der Waals surface area contributed by atoms with Crippen molar-refractivity contribution in [1.82, 2.24) is 10.2 Å². The van der Waals surface area contributed by atoms with Gasteiger partial charge in [-0.3, -0.25) is 4.79 Å². The van der Waals surface area contributed by atoms with E-state index < -0.39 is 5.60 Å². The third-order valence-corrected chi connectivity index (χ3v) is 2.94. The second kappa shape index (κ2) is 4.77. The summed E-state index contributed by atoms with van der Waals surface area (Å²) in [4.78, 5) is 12.2. The molecule has 6 nitrogen and oxygen atoms in total. The summed E-state index contributed by atoms with van der Waals surface area (Å²) in [5.41, 5.74) is 0.440. The SMILES string of the molecule is COC1(C(=O)Nc2ccnnc2C)CCOC1. The van der Waals surface area contributed by atoms with E-state index in [0.717, 1.165) is 0 Å². The zero-order chi connectivity index (χ0) is 12.3. The molecule has 1 saturated heterocycles. The van der Waals surface area contributed by atoms with Crippen LogP contribution in [0, 0.1) is 6.92 Å². The molecule has 1 aromatic rings. The van der Waals surface area contributed by atoms with Gasteiger partial charge in [-0.1, -0.05) is 0 Å². The number of nitrogens with one attached hydrogen (secondary N) is 1. The lowest BCUT2D eigenvalue weighted by atomic mass is 10.0. The van der Waals surface area contributed by atoms with Crippen LogP contribution in [0.2, 0.25) is 0 Å². The first-order chi connectivity index (χ1) is 8.18. The van der Waals surface area contributed by atoms with Gasteiger partial charge < -0.3 is 14.8 Å². The summed E-state index contributed by atoms with van der Waals surface area (Å²) >= 11 is 0. The summed E-state index contributed by atoms with van der Waals surface area (Å²) in [5.74, 6) is -0.200. The molecule has 1 amide bonds. The molecule has 0 bridgehead atoms. The number of hydrogen-bond donors (Lipinski definition) is 1.